The molecule has 0 aromatic heterocycles. The number of carbonyl (C=O) groups is 2. The van der Waals surface area contributed by atoms with Crippen LogP contribution < -0.4 is 10.6 Å². The first-order valence-electron chi connectivity index (χ1n) is 6.64. The van der Waals surface area contributed by atoms with Crippen LogP contribution in [0.1, 0.15) is 12.0 Å². The van der Waals surface area contributed by atoms with E-state index in [0.717, 1.165) is 5.56 Å². The number of rotatable bonds is 2. The number of amides is 2. The summed E-state index contributed by atoms with van der Waals surface area (Å²) in [4.78, 5) is 25.7. The summed E-state index contributed by atoms with van der Waals surface area (Å²) in [6.45, 7) is 0. The van der Waals surface area contributed by atoms with Crippen LogP contribution in [0.15, 0.2) is 60.2 Å². The predicted octanol–water partition coefficient (Wildman–Crippen LogP) is 2.62. The first-order valence-corrected chi connectivity index (χ1v) is 6.64. The molecule has 1 heterocycles. The lowest BCUT2D eigenvalue weighted by Crippen LogP contribution is -2.28. The van der Waals surface area contributed by atoms with E-state index < -0.39 is 0 Å². The summed E-state index contributed by atoms with van der Waals surface area (Å²) < 4.78 is 0. The number of carbonyl (C=O) groups excluding carboxylic acids is 2. The van der Waals surface area contributed by atoms with Crippen molar-refractivity contribution in [2.45, 2.75) is 6.42 Å². The second kappa shape index (κ2) is 5.25. The van der Waals surface area contributed by atoms with Gasteiger partial charge in [0, 0.05) is 11.3 Å². The molecule has 0 bridgehead atoms. The Morgan fingerprint density at radius 2 is 1.62 bits per heavy atom. The van der Waals surface area contributed by atoms with Crippen molar-refractivity contribution in [1.82, 2.24) is 0 Å². The standard InChI is InChI=1S/C17H14N2O2/c18-15-9-5-4-6-12(15)10-13-11-16(20)19(17(13)21)14-7-2-1-3-8-14/h1-10H,11,18H2. The normalized spacial score (nSPS) is 16.8. The third-order valence-corrected chi connectivity index (χ3v) is 3.41. The Morgan fingerprint density at radius 1 is 0.952 bits per heavy atom. The summed E-state index contributed by atoms with van der Waals surface area (Å²) in [6, 6.07) is 16.2. The molecule has 0 saturated carbocycles. The molecule has 4 nitrogen and oxygen atoms in total. The molecular formula is C17H14N2O2. The van der Waals surface area contributed by atoms with Gasteiger partial charge in [0.05, 0.1) is 12.1 Å². The lowest BCUT2D eigenvalue weighted by Gasteiger charge is -2.12. The Labute approximate surface area is 122 Å². The molecule has 4 heteroatoms. The van der Waals surface area contributed by atoms with E-state index in [1.807, 2.05) is 24.3 Å². The number of anilines is 2. The highest BCUT2D eigenvalue weighted by Gasteiger charge is 2.34. The van der Waals surface area contributed by atoms with Gasteiger partial charge in [-0.3, -0.25) is 9.59 Å². The number of imide groups is 1. The van der Waals surface area contributed by atoms with Gasteiger partial charge in [-0.15, -0.1) is 0 Å². The van der Waals surface area contributed by atoms with Crippen LogP contribution in [0.3, 0.4) is 0 Å². The maximum absolute atomic E-state index is 12.4. The Balaban J connectivity index is 1.96. The Kier molecular flexibility index (Phi) is 3.28. The highest BCUT2D eigenvalue weighted by atomic mass is 16.2. The van der Waals surface area contributed by atoms with Crippen LogP contribution in [0.5, 0.6) is 0 Å². The fourth-order valence-corrected chi connectivity index (χ4v) is 2.36. The molecule has 0 atom stereocenters. The molecule has 1 fully saturated rings. The summed E-state index contributed by atoms with van der Waals surface area (Å²) >= 11 is 0. The Bertz CT molecular complexity index is 735. The van der Waals surface area contributed by atoms with Gasteiger partial charge in [0.1, 0.15) is 0 Å². The van der Waals surface area contributed by atoms with E-state index in [4.69, 9.17) is 5.73 Å². The minimum Gasteiger partial charge on any atom is -0.398 e. The predicted molar refractivity (Wildman–Crippen MR) is 82.4 cm³/mol. The monoisotopic (exact) mass is 278 g/mol. The highest BCUT2D eigenvalue weighted by Crippen LogP contribution is 2.28. The maximum Gasteiger partial charge on any atom is 0.261 e. The zero-order valence-electron chi connectivity index (χ0n) is 11.3. The molecule has 2 aromatic carbocycles. The van der Waals surface area contributed by atoms with E-state index in [0.29, 0.717) is 16.9 Å². The number of nitrogens with two attached hydrogens (primary N) is 1. The molecular weight excluding hydrogens is 264 g/mol. The average Bonchev–Trinajstić information content (AvgIpc) is 2.77. The molecule has 21 heavy (non-hydrogen) atoms. The van der Waals surface area contributed by atoms with Gasteiger partial charge < -0.3 is 5.73 Å². The molecule has 0 unspecified atom stereocenters. The summed E-state index contributed by atoms with van der Waals surface area (Å²) in [7, 11) is 0. The molecule has 2 amide bonds. The third kappa shape index (κ3) is 2.43. The molecule has 3 rings (SSSR count). The third-order valence-electron chi connectivity index (χ3n) is 3.41. The smallest absolute Gasteiger partial charge is 0.261 e. The minimum absolute atomic E-state index is 0.0993. The molecule has 104 valence electrons. The van der Waals surface area contributed by atoms with Crippen LogP contribution in [0.2, 0.25) is 0 Å². The van der Waals surface area contributed by atoms with E-state index >= 15 is 0 Å². The van der Waals surface area contributed by atoms with Crippen LogP contribution in [-0.4, -0.2) is 11.8 Å². The van der Waals surface area contributed by atoms with Crippen LogP contribution in [0.4, 0.5) is 11.4 Å². The molecule has 0 aliphatic carbocycles. The first kappa shape index (κ1) is 13.1. The van der Waals surface area contributed by atoms with Crippen molar-refractivity contribution in [1.29, 1.82) is 0 Å². The van der Waals surface area contributed by atoms with Gasteiger partial charge in [0.15, 0.2) is 0 Å². The second-order valence-electron chi connectivity index (χ2n) is 4.85. The largest absolute Gasteiger partial charge is 0.398 e. The Hall–Kier alpha value is -2.88. The number of para-hydroxylation sites is 2. The quantitative estimate of drug-likeness (QED) is 0.522. The SMILES string of the molecule is Nc1ccccc1C=C1CC(=O)N(c2ccccc2)C1=O. The molecule has 2 N–H and O–H groups in total. The first-order chi connectivity index (χ1) is 10.2. The molecule has 0 radical (unpaired) electrons. The number of benzene rings is 2. The van der Waals surface area contributed by atoms with Crippen LogP contribution in [0.25, 0.3) is 6.08 Å². The van der Waals surface area contributed by atoms with E-state index in [2.05, 4.69) is 0 Å². The number of nitrogen functional groups attached to an aromatic ring is 1. The van der Waals surface area contributed by atoms with Crippen LogP contribution in [-0.2, 0) is 9.59 Å². The fourth-order valence-electron chi connectivity index (χ4n) is 2.36. The summed E-state index contributed by atoms with van der Waals surface area (Å²) in [5.41, 5.74) is 8.26. The van der Waals surface area contributed by atoms with E-state index in [1.54, 1.807) is 36.4 Å². The number of hydrogen-bond donors (Lipinski definition) is 1. The van der Waals surface area contributed by atoms with Crippen molar-refractivity contribution in [3.63, 3.8) is 0 Å². The zero-order valence-corrected chi connectivity index (χ0v) is 11.3. The van der Waals surface area contributed by atoms with Crippen molar-refractivity contribution in [2.24, 2.45) is 0 Å². The molecule has 1 aliphatic rings. The van der Waals surface area contributed by atoms with Crippen molar-refractivity contribution in [3.05, 3.63) is 65.7 Å². The van der Waals surface area contributed by atoms with Gasteiger partial charge in [-0.25, -0.2) is 4.90 Å². The number of nitrogens with zero attached hydrogens (tertiary/aromatic N) is 1. The van der Waals surface area contributed by atoms with Crippen LogP contribution in [0, 0.1) is 0 Å². The number of hydrogen-bond acceptors (Lipinski definition) is 3. The summed E-state index contributed by atoms with van der Waals surface area (Å²) in [5.74, 6) is -0.499. The fraction of sp³-hybridized carbons (Fsp3) is 0.0588. The summed E-state index contributed by atoms with van der Waals surface area (Å²) in [5, 5.41) is 0. The van der Waals surface area contributed by atoms with E-state index in [1.165, 1.54) is 4.90 Å². The Morgan fingerprint density at radius 3 is 2.33 bits per heavy atom. The van der Waals surface area contributed by atoms with E-state index in [-0.39, 0.29) is 18.2 Å². The van der Waals surface area contributed by atoms with Crippen molar-refractivity contribution >= 4 is 29.3 Å². The highest BCUT2D eigenvalue weighted by molar-refractivity contribution is 6.29. The van der Waals surface area contributed by atoms with Gasteiger partial charge in [0.2, 0.25) is 5.91 Å². The lowest BCUT2D eigenvalue weighted by atomic mass is 10.1. The van der Waals surface area contributed by atoms with Gasteiger partial charge in [-0.1, -0.05) is 36.4 Å². The average molecular weight is 278 g/mol. The van der Waals surface area contributed by atoms with E-state index in [9.17, 15) is 9.59 Å². The molecule has 1 saturated heterocycles. The molecule has 0 spiro atoms. The molecule has 2 aromatic rings. The second-order valence-corrected chi connectivity index (χ2v) is 4.85. The van der Waals surface area contributed by atoms with Gasteiger partial charge >= 0.3 is 0 Å². The van der Waals surface area contributed by atoms with Crippen LogP contribution >= 0.6 is 0 Å². The minimum atomic E-state index is -0.283. The van der Waals surface area contributed by atoms with Crippen molar-refractivity contribution < 1.29 is 9.59 Å². The lowest BCUT2D eigenvalue weighted by molar-refractivity contribution is -0.120. The van der Waals surface area contributed by atoms with Crippen molar-refractivity contribution in [2.75, 3.05) is 10.6 Å². The van der Waals surface area contributed by atoms with Gasteiger partial charge in [-0.2, -0.15) is 0 Å². The topological polar surface area (TPSA) is 63.4 Å². The van der Waals surface area contributed by atoms with Crippen molar-refractivity contribution in [3.8, 4) is 0 Å². The zero-order chi connectivity index (χ0) is 14.8. The summed E-state index contributed by atoms with van der Waals surface area (Å²) in [6.07, 6.45) is 1.79. The van der Waals surface area contributed by atoms with Gasteiger partial charge in [-0.05, 0) is 29.8 Å². The molecule has 1 aliphatic heterocycles. The van der Waals surface area contributed by atoms with Gasteiger partial charge in [0.25, 0.3) is 5.91 Å². The maximum atomic E-state index is 12.4.